The van der Waals surface area contributed by atoms with Gasteiger partial charge in [-0.3, -0.25) is 4.68 Å². The molecule has 1 aromatic heterocycles. The summed E-state index contributed by atoms with van der Waals surface area (Å²) in [5.74, 6) is 0.606. The lowest BCUT2D eigenvalue weighted by molar-refractivity contribution is -0.0245. The summed E-state index contributed by atoms with van der Waals surface area (Å²) in [5.41, 5.74) is 2.54. The fourth-order valence-corrected chi connectivity index (χ4v) is 2.76. The molecule has 2 unspecified atom stereocenters. The minimum atomic E-state index is 0.408. The Balaban J connectivity index is 1.87. The molecule has 0 amide bonds. The van der Waals surface area contributed by atoms with E-state index in [4.69, 9.17) is 4.74 Å². The zero-order valence-corrected chi connectivity index (χ0v) is 12.6. The molecule has 1 aliphatic heterocycles. The fourth-order valence-electron chi connectivity index (χ4n) is 2.76. The van der Waals surface area contributed by atoms with Crippen LogP contribution in [0.5, 0.6) is 0 Å². The van der Waals surface area contributed by atoms with Gasteiger partial charge >= 0.3 is 0 Å². The van der Waals surface area contributed by atoms with Crippen LogP contribution in [0.1, 0.15) is 44.9 Å². The Morgan fingerprint density at radius 3 is 3.00 bits per heavy atom. The molecule has 1 saturated heterocycles. The monoisotopic (exact) mass is 265 g/mol. The summed E-state index contributed by atoms with van der Waals surface area (Å²) < 4.78 is 7.73. The average Bonchev–Trinajstić information content (AvgIpc) is 2.77. The molecule has 108 valence electrons. The minimum Gasteiger partial charge on any atom is -0.378 e. The second-order valence-electron chi connectivity index (χ2n) is 5.88. The molecule has 0 saturated carbocycles. The van der Waals surface area contributed by atoms with Crippen LogP contribution in [0.25, 0.3) is 0 Å². The molecule has 0 spiro atoms. The van der Waals surface area contributed by atoms with Crippen LogP contribution in [0.4, 0.5) is 0 Å². The molecule has 1 aliphatic rings. The largest absolute Gasteiger partial charge is 0.378 e. The van der Waals surface area contributed by atoms with Crippen molar-refractivity contribution in [3.63, 3.8) is 0 Å². The van der Waals surface area contributed by atoms with Gasteiger partial charge in [0, 0.05) is 38.0 Å². The molecule has 0 radical (unpaired) electrons. The molecule has 1 N–H and O–H groups in total. The number of nitrogens with one attached hydrogen (secondary N) is 1. The highest BCUT2D eigenvalue weighted by Crippen LogP contribution is 2.20. The highest BCUT2D eigenvalue weighted by atomic mass is 16.5. The first-order chi connectivity index (χ1) is 9.10. The number of aryl methyl sites for hydroxylation is 2. The third-order valence-electron chi connectivity index (χ3n) is 3.97. The highest BCUT2D eigenvalue weighted by molar-refractivity contribution is 5.16. The lowest BCUT2D eigenvalue weighted by Crippen LogP contribution is -2.40. The maximum absolute atomic E-state index is 5.81. The van der Waals surface area contributed by atoms with E-state index in [-0.39, 0.29) is 0 Å². The minimum absolute atomic E-state index is 0.408. The van der Waals surface area contributed by atoms with Crippen LogP contribution in [0.2, 0.25) is 0 Å². The summed E-state index contributed by atoms with van der Waals surface area (Å²) in [6.07, 6.45) is 5.78. The molecule has 4 nitrogen and oxygen atoms in total. The molecule has 19 heavy (non-hydrogen) atoms. The molecule has 1 fully saturated rings. The van der Waals surface area contributed by atoms with Crippen molar-refractivity contribution in [1.29, 1.82) is 0 Å². The van der Waals surface area contributed by atoms with E-state index in [2.05, 4.69) is 37.4 Å². The number of nitrogens with zero attached hydrogens (tertiary/aromatic N) is 2. The predicted octanol–water partition coefficient (Wildman–Crippen LogP) is 2.28. The zero-order valence-electron chi connectivity index (χ0n) is 12.6. The molecular formula is C15H27N3O. The van der Waals surface area contributed by atoms with Crippen LogP contribution in [0.15, 0.2) is 6.20 Å². The summed E-state index contributed by atoms with van der Waals surface area (Å²) >= 11 is 0. The molecule has 2 heterocycles. The van der Waals surface area contributed by atoms with Gasteiger partial charge in [-0.1, -0.05) is 20.8 Å². The van der Waals surface area contributed by atoms with Crippen molar-refractivity contribution in [2.24, 2.45) is 13.0 Å². The molecule has 0 bridgehead atoms. The molecular weight excluding hydrogens is 238 g/mol. The maximum Gasteiger partial charge on any atom is 0.0666 e. The van der Waals surface area contributed by atoms with Gasteiger partial charge in [-0.15, -0.1) is 0 Å². The summed E-state index contributed by atoms with van der Waals surface area (Å²) in [7, 11) is 1.99. The van der Waals surface area contributed by atoms with E-state index >= 15 is 0 Å². The molecule has 2 atom stereocenters. The number of aromatic nitrogens is 2. The van der Waals surface area contributed by atoms with Gasteiger partial charge in [0.1, 0.15) is 0 Å². The molecule has 0 aromatic carbocycles. The standard InChI is InChI=1S/C15H27N3O/c1-5-14-12(10-18(4)17-14)9-16-13-6-7-19-15(8-13)11(2)3/h10-11,13,15-16H,5-9H2,1-4H3. The predicted molar refractivity (Wildman–Crippen MR) is 77.0 cm³/mol. The van der Waals surface area contributed by atoms with Crippen LogP contribution in [-0.4, -0.2) is 28.5 Å². The Morgan fingerprint density at radius 2 is 2.32 bits per heavy atom. The second-order valence-corrected chi connectivity index (χ2v) is 5.88. The number of hydrogen-bond donors (Lipinski definition) is 1. The first-order valence-electron chi connectivity index (χ1n) is 7.46. The van der Waals surface area contributed by atoms with Crippen LogP contribution >= 0.6 is 0 Å². The van der Waals surface area contributed by atoms with Crippen molar-refractivity contribution < 1.29 is 4.74 Å². The smallest absolute Gasteiger partial charge is 0.0666 e. The number of ether oxygens (including phenoxy) is 1. The van der Waals surface area contributed by atoms with E-state index in [0.29, 0.717) is 18.1 Å². The highest BCUT2D eigenvalue weighted by Gasteiger charge is 2.24. The van der Waals surface area contributed by atoms with Crippen LogP contribution in [0.3, 0.4) is 0 Å². The SMILES string of the molecule is CCc1nn(C)cc1CNC1CCOC(C(C)C)C1. The zero-order chi connectivity index (χ0) is 13.8. The van der Waals surface area contributed by atoms with Gasteiger partial charge in [0.2, 0.25) is 0 Å². The number of rotatable bonds is 5. The van der Waals surface area contributed by atoms with Crippen LogP contribution < -0.4 is 5.32 Å². The second kappa shape index (κ2) is 6.53. The van der Waals surface area contributed by atoms with Crippen molar-refractivity contribution in [3.8, 4) is 0 Å². The van der Waals surface area contributed by atoms with Gasteiger partial charge in [0.25, 0.3) is 0 Å². The van der Waals surface area contributed by atoms with E-state index < -0.39 is 0 Å². The Kier molecular flexibility index (Phi) is 4.99. The summed E-state index contributed by atoms with van der Waals surface area (Å²) in [5, 5.41) is 8.17. The van der Waals surface area contributed by atoms with Crippen molar-refractivity contribution in [2.45, 2.75) is 58.7 Å². The molecule has 0 aliphatic carbocycles. The lowest BCUT2D eigenvalue weighted by atomic mass is 9.95. The quantitative estimate of drug-likeness (QED) is 0.887. The Hall–Kier alpha value is -0.870. The van der Waals surface area contributed by atoms with Crippen LogP contribution in [0, 0.1) is 5.92 Å². The van der Waals surface area contributed by atoms with E-state index in [9.17, 15) is 0 Å². The average molecular weight is 265 g/mol. The third kappa shape index (κ3) is 3.80. The van der Waals surface area contributed by atoms with Gasteiger partial charge in [-0.05, 0) is 25.2 Å². The molecule has 1 aromatic rings. The first-order valence-corrected chi connectivity index (χ1v) is 7.46. The van der Waals surface area contributed by atoms with Crippen molar-refractivity contribution in [3.05, 3.63) is 17.5 Å². The van der Waals surface area contributed by atoms with Gasteiger partial charge < -0.3 is 10.1 Å². The van der Waals surface area contributed by atoms with Gasteiger partial charge in [-0.25, -0.2) is 0 Å². The Morgan fingerprint density at radius 1 is 1.53 bits per heavy atom. The maximum atomic E-state index is 5.81. The Labute approximate surface area is 116 Å². The van der Waals surface area contributed by atoms with Crippen molar-refractivity contribution >= 4 is 0 Å². The first kappa shape index (κ1) is 14.5. The summed E-state index contributed by atoms with van der Waals surface area (Å²) in [6.45, 7) is 8.45. The van der Waals surface area contributed by atoms with E-state index in [1.165, 1.54) is 11.3 Å². The summed E-state index contributed by atoms with van der Waals surface area (Å²) in [6, 6.07) is 0.575. The van der Waals surface area contributed by atoms with Gasteiger partial charge in [0.15, 0.2) is 0 Å². The van der Waals surface area contributed by atoms with Crippen molar-refractivity contribution in [2.75, 3.05) is 6.61 Å². The van der Waals surface area contributed by atoms with Crippen LogP contribution in [-0.2, 0) is 24.8 Å². The topological polar surface area (TPSA) is 39.1 Å². The van der Waals surface area contributed by atoms with E-state index in [0.717, 1.165) is 32.4 Å². The molecule has 4 heteroatoms. The van der Waals surface area contributed by atoms with Crippen molar-refractivity contribution in [1.82, 2.24) is 15.1 Å². The van der Waals surface area contributed by atoms with E-state index in [1.54, 1.807) is 0 Å². The fraction of sp³-hybridized carbons (Fsp3) is 0.800. The normalized spacial score (nSPS) is 24.1. The van der Waals surface area contributed by atoms with E-state index in [1.807, 2.05) is 11.7 Å². The Bertz CT molecular complexity index is 400. The summed E-state index contributed by atoms with van der Waals surface area (Å²) in [4.78, 5) is 0. The number of hydrogen-bond acceptors (Lipinski definition) is 3. The third-order valence-corrected chi connectivity index (χ3v) is 3.97. The van der Waals surface area contributed by atoms with Gasteiger partial charge in [-0.2, -0.15) is 5.10 Å². The van der Waals surface area contributed by atoms with Gasteiger partial charge in [0.05, 0.1) is 11.8 Å². The molecule has 2 rings (SSSR count). The lowest BCUT2D eigenvalue weighted by Gasteiger charge is -2.32.